The number of amides is 1. The summed E-state index contributed by atoms with van der Waals surface area (Å²) in [5.41, 5.74) is 3.08. The minimum absolute atomic E-state index is 0.221. The van der Waals surface area contributed by atoms with Crippen LogP contribution in [0.2, 0.25) is 0 Å². The van der Waals surface area contributed by atoms with Gasteiger partial charge in [0.2, 0.25) is 0 Å². The number of H-pyrrole nitrogens is 1. The van der Waals surface area contributed by atoms with Crippen molar-refractivity contribution in [1.29, 1.82) is 0 Å². The molecule has 0 saturated carbocycles. The van der Waals surface area contributed by atoms with Gasteiger partial charge in [-0.05, 0) is 49.7 Å². The van der Waals surface area contributed by atoms with E-state index >= 15 is 0 Å². The molecule has 1 aromatic heterocycles. The van der Waals surface area contributed by atoms with Gasteiger partial charge in [-0.25, -0.2) is 4.39 Å². The fourth-order valence-electron chi connectivity index (χ4n) is 2.69. The molecule has 0 spiro atoms. The van der Waals surface area contributed by atoms with Crippen LogP contribution in [-0.2, 0) is 0 Å². The average molecular weight is 353 g/mol. The monoisotopic (exact) mass is 353 g/mol. The van der Waals surface area contributed by atoms with Crippen LogP contribution < -0.4 is 10.1 Å². The molecule has 2 N–H and O–H groups in total. The number of hydrogen-bond acceptors (Lipinski definition) is 3. The molecule has 1 heterocycles. The number of aromatic amines is 1. The van der Waals surface area contributed by atoms with Crippen LogP contribution >= 0.6 is 0 Å². The lowest BCUT2D eigenvalue weighted by Crippen LogP contribution is -2.26. The van der Waals surface area contributed by atoms with E-state index in [1.807, 2.05) is 19.9 Å². The van der Waals surface area contributed by atoms with Crippen molar-refractivity contribution in [1.82, 2.24) is 15.5 Å². The molecule has 3 aromatic rings. The Morgan fingerprint density at radius 2 is 2.04 bits per heavy atom. The van der Waals surface area contributed by atoms with Gasteiger partial charge < -0.3 is 10.1 Å². The van der Waals surface area contributed by atoms with Crippen LogP contribution in [0.5, 0.6) is 5.75 Å². The smallest absolute Gasteiger partial charge is 0.251 e. The fraction of sp³-hybridized carbons (Fsp3) is 0.200. The van der Waals surface area contributed by atoms with Crippen LogP contribution in [0.3, 0.4) is 0 Å². The second-order valence-electron chi connectivity index (χ2n) is 5.88. The Balaban J connectivity index is 1.80. The van der Waals surface area contributed by atoms with E-state index in [1.54, 1.807) is 36.7 Å². The second kappa shape index (κ2) is 7.82. The van der Waals surface area contributed by atoms with Gasteiger partial charge >= 0.3 is 0 Å². The first kappa shape index (κ1) is 17.7. The summed E-state index contributed by atoms with van der Waals surface area (Å²) >= 11 is 0. The molecule has 0 bridgehead atoms. The number of aromatic nitrogens is 2. The first-order valence-corrected chi connectivity index (χ1v) is 8.40. The van der Waals surface area contributed by atoms with E-state index in [0.717, 1.165) is 16.7 Å². The van der Waals surface area contributed by atoms with Crippen LogP contribution in [0.4, 0.5) is 4.39 Å². The van der Waals surface area contributed by atoms with Crippen molar-refractivity contribution >= 4 is 5.91 Å². The quantitative estimate of drug-likeness (QED) is 0.701. The lowest BCUT2D eigenvalue weighted by molar-refractivity contribution is 0.0939. The van der Waals surface area contributed by atoms with E-state index in [-0.39, 0.29) is 17.8 Å². The topological polar surface area (TPSA) is 67.0 Å². The summed E-state index contributed by atoms with van der Waals surface area (Å²) in [5.74, 6) is 0.0981. The molecule has 0 aliphatic heterocycles. The fourth-order valence-corrected chi connectivity index (χ4v) is 2.69. The van der Waals surface area contributed by atoms with E-state index in [0.29, 0.717) is 17.9 Å². The number of ether oxygens (including phenoxy) is 1. The van der Waals surface area contributed by atoms with Gasteiger partial charge in [-0.15, -0.1) is 0 Å². The van der Waals surface area contributed by atoms with Crippen LogP contribution in [0.1, 0.15) is 35.8 Å². The van der Waals surface area contributed by atoms with E-state index in [2.05, 4.69) is 15.5 Å². The van der Waals surface area contributed by atoms with Crippen molar-refractivity contribution in [2.24, 2.45) is 0 Å². The Labute approximate surface area is 151 Å². The first-order chi connectivity index (χ1) is 12.6. The first-order valence-electron chi connectivity index (χ1n) is 8.40. The van der Waals surface area contributed by atoms with Gasteiger partial charge in [0, 0.05) is 22.9 Å². The molecule has 1 amide bonds. The zero-order valence-corrected chi connectivity index (χ0v) is 14.6. The van der Waals surface area contributed by atoms with Gasteiger partial charge in [0.15, 0.2) is 0 Å². The third-order valence-electron chi connectivity index (χ3n) is 4.07. The summed E-state index contributed by atoms with van der Waals surface area (Å²) in [4.78, 5) is 12.6. The number of carbonyl (C=O) groups is 1. The van der Waals surface area contributed by atoms with Gasteiger partial charge in [-0.3, -0.25) is 9.89 Å². The molecule has 0 radical (unpaired) electrons. The van der Waals surface area contributed by atoms with Gasteiger partial charge in [0.1, 0.15) is 11.6 Å². The van der Waals surface area contributed by atoms with Crippen molar-refractivity contribution in [2.75, 3.05) is 6.61 Å². The van der Waals surface area contributed by atoms with Crippen LogP contribution in [0.25, 0.3) is 11.1 Å². The molecular formula is C20H20FN3O2. The van der Waals surface area contributed by atoms with Gasteiger partial charge in [0.25, 0.3) is 5.91 Å². The van der Waals surface area contributed by atoms with E-state index < -0.39 is 0 Å². The van der Waals surface area contributed by atoms with Crippen molar-refractivity contribution < 1.29 is 13.9 Å². The normalized spacial score (nSPS) is 11.8. The van der Waals surface area contributed by atoms with Crippen molar-refractivity contribution in [2.45, 2.75) is 19.9 Å². The lowest BCUT2D eigenvalue weighted by atomic mass is 10.0. The number of nitrogens with zero attached hydrogens (tertiary/aromatic N) is 1. The molecule has 0 unspecified atom stereocenters. The second-order valence-corrected chi connectivity index (χ2v) is 5.88. The molecule has 134 valence electrons. The maximum absolute atomic E-state index is 13.0. The molecule has 5 nitrogen and oxygen atoms in total. The number of halogens is 1. The summed E-state index contributed by atoms with van der Waals surface area (Å²) in [6.45, 7) is 4.23. The molecule has 3 rings (SSSR count). The minimum Gasteiger partial charge on any atom is -0.493 e. The van der Waals surface area contributed by atoms with Gasteiger partial charge in [-0.2, -0.15) is 5.10 Å². The van der Waals surface area contributed by atoms with Crippen LogP contribution in [0, 0.1) is 5.82 Å². The SMILES string of the molecule is CCOc1cc(C(=O)N[C@H](C)c2ccc(F)cc2)ccc1-c1cn[nH]c1. The maximum atomic E-state index is 13.0. The van der Waals surface area contributed by atoms with Crippen molar-refractivity contribution in [3.05, 3.63) is 71.8 Å². The largest absolute Gasteiger partial charge is 0.493 e. The van der Waals surface area contributed by atoms with Crippen molar-refractivity contribution in [3.8, 4) is 16.9 Å². The number of benzene rings is 2. The highest BCUT2D eigenvalue weighted by molar-refractivity contribution is 5.95. The Morgan fingerprint density at radius 3 is 2.69 bits per heavy atom. The summed E-state index contributed by atoms with van der Waals surface area (Å²) in [7, 11) is 0. The van der Waals surface area contributed by atoms with E-state index in [9.17, 15) is 9.18 Å². The predicted molar refractivity (Wildman–Crippen MR) is 97.5 cm³/mol. The lowest BCUT2D eigenvalue weighted by Gasteiger charge is -2.16. The Bertz CT molecular complexity index is 877. The zero-order chi connectivity index (χ0) is 18.5. The molecule has 6 heteroatoms. The standard InChI is InChI=1S/C20H20FN3O2/c1-3-26-19-10-15(6-9-18(19)16-11-22-23-12-16)20(25)24-13(2)14-4-7-17(21)8-5-14/h4-13H,3H2,1-2H3,(H,22,23)(H,24,25)/t13-/m1/s1. The van der Waals surface area contributed by atoms with E-state index in [4.69, 9.17) is 4.74 Å². The Morgan fingerprint density at radius 1 is 1.27 bits per heavy atom. The van der Waals surface area contributed by atoms with Crippen molar-refractivity contribution in [3.63, 3.8) is 0 Å². The summed E-state index contributed by atoms with van der Waals surface area (Å²) in [6, 6.07) is 11.1. The third kappa shape index (κ3) is 3.91. The molecule has 0 aliphatic carbocycles. The molecule has 2 aromatic carbocycles. The zero-order valence-electron chi connectivity index (χ0n) is 14.6. The Kier molecular flexibility index (Phi) is 5.31. The van der Waals surface area contributed by atoms with Gasteiger partial charge in [-0.1, -0.05) is 12.1 Å². The summed E-state index contributed by atoms with van der Waals surface area (Å²) in [5, 5.41) is 9.64. The Hall–Kier alpha value is -3.15. The predicted octanol–water partition coefficient (Wildman–Crippen LogP) is 4.11. The number of nitrogens with one attached hydrogen (secondary N) is 2. The maximum Gasteiger partial charge on any atom is 0.251 e. The highest BCUT2D eigenvalue weighted by Crippen LogP contribution is 2.30. The minimum atomic E-state index is -0.302. The highest BCUT2D eigenvalue weighted by Gasteiger charge is 2.15. The summed E-state index contributed by atoms with van der Waals surface area (Å²) in [6.07, 6.45) is 3.47. The van der Waals surface area contributed by atoms with Crippen LogP contribution in [0.15, 0.2) is 54.9 Å². The van der Waals surface area contributed by atoms with E-state index in [1.165, 1.54) is 12.1 Å². The molecule has 26 heavy (non-hydrogen) atoms. The number of hydrogen-bond donors (Lipinski definition) is 2. The molecule has 0 fully saturated rings. The number of carbonyl (C=O) groups excluding carboxylic acids is 1. The van der Waals surface area contributed by atoms with Gasteiger partial charge in [0.05, 0.1) is 18.8 Å². The number of rotatable bonds is 6. The molecule has 0 saturated heterocycles. The average Bonchev–Trinajstić information content (AvgIpc) is 3.17. The highest BCUT2D eigenvalue weighted by atomic mass is 19.1. The molecule has 1 atom stereocenters. The molecule has 0 aliphatic rings. The third-order valence-corrected chi connectivity index (χ3v) is 4.07. The molecular weight excluding hydrogens is 333 g/mol. The van der Waals surface area contributed by atoms with Crippen LogP contribution in [-0.4, -0.2) is 22.7 Å². The summed E-state index contributed by atoms with van der Waals surface area (Å²) < 4.78 is 18.7.